The lowest BCUT2D eigenvalue weighted by molar-refractivity contribution is 0.443. The van der Waals surface area contributed by atoms with Gasteiger partial charge in [-0.1, -0.05) is 48.6 Å². The third-order valence-electron chi connectivity index (χ3n) is 3.32. The normalized spacial score (nSPS) is 18.4. The van der Waals surface area contributed by atoms with Crippen LogP contribution in [-0.2, 0) is 0 Å². The molecule has 1 aliphatic rings. The summed E-state index contributed by atoms with van der Waals surface area (Å²) in [6.45, 7) is 4.42. The fraction of sp³-hybridized carbons (Fsp3) is 0.571. The minimum atomic E-state index is 0.849. The first kappa shape index (κ1) is 9.76. The lowest BCUT2D eigenvalue weighted by atomic mass is 9.83. The van der Waals surface area contributed by atoms with Gasteiger partial charge in [0.2, 0.25) is 0 Å². The van der Waals surface area contributed by atoms with Crippen LogP contribution in [0.25, 0.3) is 0 Å². The molecule has 1 fully saturated rings. The molecular weight excluding hydrogens is 168 g/mol. The smallest absolute Gasteiger partial charge is 0.0162 e. The molecule has 0 atom stereocenters. The van der Waals surface area contributed by atoms with Crippen LogP contribution in [0.5, 0.6) is 0 Å². The van der Waals surface area contributed by atoms with E-state index in [1.54, 1.807) is 5.56 Å². The van der Waals surface area contributed by atoms with Gasteiger partial charge in [-0.3, -0.25) is 0 Å². The summed E-state index contributed by atoms with van der Waals surface area (Å²) in [4.78, 5) is 0. The predicted octanol–water partition coefficient (Wildman–Crippen LogP) is 4.35. The third kappa shape index (κ3) is 2.17. The van der Waals surface area contributed by atoms with E-state index < -0.39 is 0 Å². The standard InChI is InChI=1S/C14H20/c1-11-8-12(2)10-14(9-11)13-6-4-3-5-7-13/h8-10,13H,3-7H2,1-2H3. The van der Waals surface area contributed by atoms with Gasteiger partial charge in [-0.15, -0.1) is 0 Å². The number of rotatable bonds is 1. The quantitative estimate of drug-likeness (QED) is 0.614. The molecule has 76 valence electrons. The van der Waals surface area contributed by atoms with E-state index in [9.17, 15) is 0 Å². The second-order valence-corrected chi connectivity index (χ2v) is 4.76. The van der Waals surface area contributed by atoms with E-state index in [0.717, 1.165) is 5.92 Å². The number of benzene rings is 1. The third-order valence-corrected chi connectivity index (χ3v) is 3.32. The SMILES string of the molecule is Cc1cc(C)cc(C2CCCCC2)c1. The van der Waals surface area contributed by atoms with Crippen molar-refractivity contribution >= 4 is 0 Å². The molecule has 0 spiro atoms. The molecule has 0 saturated heterocycles. The minimum Gasteiger partial charge on any atom is -0.0564 e. The maximum Gasteiger partial charge on any atom is -0.0162 e. The molecule has 0 unspecified atom stereocenters. The van der Waals surface area contributed by atoms with Gasteiger partial charge in [0.15, 0.2) is 0 Å². The molecule has 14 heavy (non-hydrogen) atoms. The minimum absolute atomic E-state index is 0.849. The van der Waals surface area contributed by atoms with E-state index in [-0.39, 0.29) is 0 Å². The van der Waals surface area contributed by atoms with E-state index in [2.05, 4.69) is 32.0 Å². The predicted molar refractivity (Wildman–Crippen MR) is 61.7 cm³/mol. The Labute approximate surface area is 87.3 Å². The van der Waals surface area contributed by atoms with Crippen molar-refractivity contribution < 1.29 is 0 Å². The van der Waals surface area contributed by atoms with E-state index >= 15 is 0 Å². The average molecular weight is 188 g/mol. The van der Waals surface area contributed by atoms with Crippen molar-refractivity contribution in [2.45, 2.75) is 51.9 Å². The molecule has 1 saturated carbocycles. The van der Waals surface area contributed by atoms with Crippen LogP contribution in [0.4, 0.5) is 0 Å². The summed E-state index contributed by atoms with van der Waals surface area (Å²) < 4.78 is 0. The Balaban J connectivity index is 2.21. The van der Waals surface area contributed by atoms with Crippen molar-refractivity contribution in [3.8, 4) is 0 Å². The Bertz CT molecular complexity index is 286. The van der Waals surface area contributed by atoms with Gasteiger partial charge in [-0.25, -0.2) is 0 Å². The van der Waals surface area contributed by atoms with Crippen molar-refractivity contribution in [2.24, 2.45) is 0 Å². The van der Waals surface area contributed by atoms with Crippen molar-refractivity contribution in [2.75, 3.05) is 0 Å². The second-order valence-electron chi connectivity index (χ2n) is 4.76. The molecule has 0 aliphatic heterocycles. The monoisotopic (exact) mass is 188 g/mol. The van der Waals surface area contributed by atoms with Crippen molar-refractivity contribution in [3.63, 3.8) is 0 Å². The van der Waals surface area contributed by atoms with Gasteiger partial charge in [0.25, 0.3) is 0 Å². The largest absolute Gasteiger partial charge is 0.0564 e. The lowest BCUT2D eigenvalue weighted by Crippen LogP contribution is -2.04. The van der Waals surface area contributed by atoms with Crippen LogP contribution in [0.1, 0.15) is 54.7 Å². The number of hydrogen-bond acceptors (Lipinski definition) is 0. The van der Waals surface area contributed by atoms with Gasteiger partial charge < -0.3 is 0 Å². The van der Waals surface area contributed by atoms with Gasteiger partial charge in [0.05, 0.1) is 0 Å². The zero-order valence-corrected chi connectivity index (χ0v) is 9.34. The van der Waals surface area contributed by atoms with Crippen LogP contribution in [0.2, 0.25) is 0 Å². The molecule has 0 heterocycles. The highest BCUT2D eigenvalue weighted by molar-refractivity contribution is 5.31. The highest BCUT2D eigenvalue weighted by Crippen LogP contribution is 2.33. The maximum absolute atomic E-state index is 2.38. The van der Waals surface area contributed by atoms with Crippen LogP contribution >= 0.6 is 0 Å². The summed E-state index contributed by atoms with van der Waals surface area (Å²) in [5, 5.41) is 0. The molecular formula is C14H20. The topological polar surface area (TPSA) is 0 Å². The molecule has 1 aliphatic carbocycles. The van der Waals surface area contributed by atoms with Crippen LogP contribution in [0.15, 0.2) is 18.2 Å². The van der Waals surface area contributed by atoms with Crippen LogP contribution in [0.3, 0.4) is 0 Å². The molecule has 0 heteroatoms. The Morgan fingerprint density at radius 1 is 0.857 bits per heavy atom. The van der Waals surface area contributed by atoms with Crippen LogP contribution in [-0.4, -0.2) is 0 Å². The van der Waals surface area contributed by atoms with Gasteiger partial charge in [-0.05, 0) is 38.2 Å². The maximum atomic E-state index is 2.38. The first-order valence-corrected chi connectivity index (χ1v) is 5.84. The van der Waals surface area contributed by atoms with E-state index in [1.165, 1.54) is 43.2 Å². The fourth-order valence-electron chi connectivity index (χ4n) is 2.68. The molecule has 0 aromatic heterocycles. The summed E-state index contributed by atoms with van der Waals surface area (Å²) in [6.07, 6.45) is 7.11. The van der Waals surface area contributed by atoms with Crippen molar-refractivity contribution in [1.29, 1.82) is 0 Å². The average Bonchev–Trinajstić information content (AvgIpc) is 2.18. The number of aryl methyl sites for hydroxylation is 2. The Kier molecular flexibility index (Phi) is 2.90. The summed E-state index contributed by atoms with van der Waals surface area (Å²) in [6, 6.07) is 7.03. The molecule has 1 aromatic rings. The van der Waals surface area contributed by atoms with Gasteiger partial charge in [-0.2, -0.15) is 0 Å². The van der Waals surface area contributed by atoms with E-state index in [4.69, 9.17) is 0 Å². The zero-order valence-electron chi connectivity index (χ0n) is 9.34. The summed E-state index contributed by atoms with van der Waals surface area (Å²) in [5.74, 6) is 0.849. The lowest BCUT2D eigenvalue weighted by Gasteiger charge is -2.22. The molecule has 0 radical (unpaired) electrons. The van der Waals surface area contributed by atoms with E-state index in [0.29, 0.717) is 0 Å². The zero-order chi connectivity index (χ0) is 9.97. The van der Waals surface area contributed by atoms with Crippen LogP contribution < -0.4 is 0 Å². The second kappa shape index (κ2) is 4.16. The van der Waals surface area contributed by atoms with Gasteiger partial charge in [0.1, 0.15) is 0 Å². The van der Waals surface area contributed by atoms with Crippen molar-refractivity contribution in [1.82, 2.24) is 0 Å². The van der Waals surface area contributed by atoms with Gasteiger partial charge in [0, 0.05) is 0 Å². The highest BCUT2D eigenvalue weighted by atomic mass is 14.2. The fourth-order valence-corrected chi connectivity index (χ4v) is 2.68. The first-order valence-electron chi connectivity index (χ1n) is 5.84. The summed E-state index contributed by atoms with van der Waals surface area (Å²) >= 11 is 0. The molecule has 0 bridgehead atoms. The molecule has 1 aromatic carbocycles. The van der Waals surface area contributed by atoms with Crippen molar-refractivity contribution in [3.05, 3.63) is 34.9 Å². The number of hydrogen-bond donors (Lipinski definition) is 0. The molecule has 0 nitrogen and oxygen atoms in total. The summed E-state index contributed by atoms with van der Waals surface area (Å²) in [7, 11) is 0. The van der Waals surface area contributed by atoms with E-state index in [1.807, 2.05) is 0 Å². The Morgan fingerprint density at radius 2 is 1.43 bits per heavy atom. The molecule has 2 rings (SSSR count). The Morgan fingerprint density at radius 3 is 2.00 bits per heavy atom. The molecule has 0 amide bonds. The summed E-state index contributed by atoms with van der Waals surface area (Å²) in [5.41, 5.74) is 4.43. The highest BCUT2D eigenvalue weighted by Gasteiger charge is 2.15. The first-order chi connectivity index (χ1) is 6.75. The Hall–Kier alpha value is -0.780. The van der Waals surface area contributed by atoms with Crippen LogP contribution in [0, 0.1) is 13.8 Å². The van der Waals surface area contributed by atoms with Gasteiger partial charge >= 0.3 is 0 Å². The molecule has 0 N–H and O–H groups in total.